The molecule has 5 fully saturated rings. The predicted octanol–water partition coefficient (Wildman–Crippen LogP) is 4.89. The number of ether oxygens (including phenoxy) is 2. The van der Waals surface area contributed by atoms with Crippen LogP contribution in [0.1, 0.15) is 111 Å². The number of methoxy groups -OCH3 is 1. The summed E-state index contributed by atoms with van der Waals surface area (Å²) >= 11 is 0. The van der Waals surface area contributed by atoms with Crippen LogP contribution < -0.4 is 5.32 Å². The van der Waals surface area contributed by atoms with Gasteiger partial charge in [0.05, 0.1) is 22.7 Å². The van der Waals surface area contributed by atoms with E-state index >= 15 is 0 Å². The molecular formula is C42H65NO8. The molecule has 1 heterocycles. The van der Waals surface area contributed by atoms with Crippen molar-refractivity contribution in [3.8, 4) is 0 Å². The largest absolute Gasteiger partial charge is 0.450 e. The smallest absolute Gasteiger partial charge is 0.331 e. The first-order chi connectivity index (χ1) is 24.3. The minimum absolute atomic E-state index is 0.121. The van der Waals surface area contributed by atoms with E-state index in [2.05, 4.69) is 39.1 Å². The van der Waals surface area contributed by atoms with Crippen molar-refractivity contribution in [1.82, 2.24) is 5.32 Å². The molecule has 0 radical (unpaired) electrons. The summed E-state index contributed by atoms with van der Waals surface area (Å²) in [4.78, 5) is 27.0. The average molecular weight is 712 g/mol. The van der Waals surface area contributed by atoms with Crippen molar-refractivity contribution in [2.24, 2.45) is 58.2 Å². The maximum absolute atomic E-state index is 14.1. The van der Waals surface area contributed by atoms with Crippen molar-refractivity contribution >= 4 is 12.3 Å². The van der Waals surface area contributed by atoms with Crippen molar-refractivity contribution in [3.05, 3.63) is 23.3 Å². The van der Waals surface area contributed by atoms with Crippen molar-refractivity contribution in [2.45, 2.75) is 140 Å². The lowest BCUT2D eigenvalue weighted by Crippen LogP contribution is -2.81. The Morgan fingerprint density at radius 1 is 1.10 bits per heavy atom. The highest BCUT2D eigenvalue weighted by Gasteiger charge is 2.82. The van der Waals surface area contributed by atoms with Crippen LogP contribution in [0.2, 0.25) is 0 Å². The lowest BCUT2D eigenvalue weighted by molar-refractivity contribution is -0.346. The predicted molar refractivity (Wildman–Crippen MR) is 193 cm³/mol. The third-order valence-corrected chi connectivity index (χ3v) is 16.2. The van der Waals surface area contributed by atoms with Crippen LogP contribution in [0.4, 0.5) is 0 Å². The van der Waals surface area contributed by atoms with Crippen LogP contribution in [-0.2, 0) is 19.1 Å². The van der Waals surface area contributed by atoms with Crippen molar-refractivity contribution in [3.63, 3.8) is 0 Å². The summed E-state index contributed by atoms with van der Waals surface area (Å²) < 4.78 is 11.1. The van der Waals surface area contributed by atoms with Gasteiger partial charge in [-0.05, 0) is 117 Å². The van der Waals surface area contributed by atoms with Gasteiger partial charge in [-0.2, -0.15) is 0 Å². The number of rotatable bonds is 12. The Labute approximate surface area is 305 Å². The van der Waals surface area contributed by atoms with Crippen molar-refractivity contribution in [1.29, 1.82) is 0 Å². The summed E-state index contributed by atoms with van der Waals surface area (Å²) in [6.07, 6.45) is 12.3. The highest BCUT2D eigenvalue weighted by Crippen LogP contribution is 2.76. The molecule has 7 aliphatic rings. The maximum Gasteiger partial charge on any atom is 0.331 e. The van der Waals surface area contributed by atoms with E-state index in [0.717, 1.165) is 62.5 Å². The van der Waals surface area contributed by atoms with Gasteiger partial charge in [-0.3, -0.25) is 0 Å². The number of aldehydes is 1. The molecule has 51 heavy (non-hydrogen) atoms. The molecule has 9 nitrogen and oxygen atoms in total. The topological polar surface area (TPSA) is 146 Å². The van der Waals surface area contributed by atoms with Crippen LogP contribution in [0.25, 0.3) is 0 Å². The van der Waals surface area contributed by atoms with E-state index in [9.17, 15) is 30.0 Å². The lowest BCUT2D eigenvalue weighted by atomic mass is 9.35. The summed E-state index contributed by atoms with van der Waals surface area (Å²) in [5.41, 5.74) is -4.89. The van der Waals surface area contributed by atoms with Gasteiger partial charge in [0.25, 0.3) is 0 Å². The van der Waals surface area contributed by atoms with Gasteiger partial charge in [0.2, 0.25) is 0 Å². The zero-order chi connectivity index (χ0) is 36.6. The molecule has 6 aliphatic carbocycles. The van der Waals surface area contributed by atoms with E-state index in [1.165, 1.54) is 0 Å². The van der Waals surface area contributed by atoms with E-state index in [4.69, 9.17) is 9.47 Å². The van der Waals surface area contributed by atoms with Gasteiger partial charge in [0.1, 0.15) is 18.0 Å². The summed E-state index contributed by atoms with van der Waals surface area (Å²) in [7, 11) is 1.69. The standard InChI is InChI=1S/C42H65NO8/c1-6-7-8-10-27-20-39(24-44)33-13-14-38(4)35-28(17-29(23-43-15-9-16-50-5)37-31(35)19-34(45)51-37)21-41(38,48)40(33,47)22-30-18-26(25(2)3)11-12-32(36(27)46)42(30,39)49/h17,19,24-28,30,32-33,35-37,43,46-49H,6-16,18,20-23H2,1-5H3. The summed E-state index contributed by atoms with van der Waals surface area (Å²) in [5.74, 6) is -1.79. The third kappa shape index (κ3) is 5.28. The lowest BCUT2D eigenvalue weighted by Gasteiger charge is -2.72. The maximum atomic E-state index is 14.1. The summed E-state index contributed by atoms with van der Waals surface area (Å²) in [6.45, 7) is 10.6. The number of aliphatic hydroxyl groups is 4. The quantitative estimate of drug-likeness (QED) is 0.0827. The Balaban J connectivity index is 1.31. The van der Waals surface area contributed by atoms with E-state index in [0.29, 0.717) is 57.6 Å². The number of hydrogen-bond donors (Lipinski definition) is 5. The molecule has 5 N–H and O–H groups in total. The van der Waals surface area contributed by atoms with Gasteiger partial charge >= 0.3 is 5.97 Å². The van der Waals surface area contributed by atoms with Gasteiger partial charge < -0.3 is 40.0 Å². The number of hydrogen-bond acceptors (Lipinski definition) is 9. The first-order valence-electron chi connectivity index (χ1n) is 20.4. The molecule has 0 bridgehead atoms. The van der Waals surface area contributed by atoms with Gasteiger partial charge in [-0.15, -0.1) is 0 Å². The van der Waals surface area contributed by atoms with Crippen molar-refractivity contribution in [2.75, 3.05) is 26.8 Å². The number of carbonyl (C=O) groups excluding carboxylic acids is 2. The zero-order valence-corrected chi connectivity index (χ0v) is 31.7. The third-order valence-electron chi connectivity index (χ3n) is 16.2. The summed E-state index contributed by atoms with van der Waals surface area (Å²) in [5, 5.41) is 56.0. The first-order valence-corrected chi connectivity index (χ1v) is 20.4. The molecule has 7 rings (SSSR count). The molecular weight excluding hydrogens is 646 g/mol. The van der Waals surface area contributed by atoms with Crippen LogP contribution >= 0.6 is 0 Å². The number of carbonyl (C=O) groups is 2. The van der Waals surface area contributed by atoms with Gasteiger partial charge in [-0.25, -0.2) is 4.79 Å². The molecule has 0 aromatic carbocycles. The van der Waals surface area contributed by atoms with Crippen LogP contribution in [0, 0.1) is 58.2 Å². The number of unbranched alkanes of at least 4 members (excludes halogenated alkanes) is 2. The van der Waals surface area contributed by atoms with Gasteiger partial charge in [-0.1, -0.05) is 53.0 Å². The molecule has 5 saturated carbocycles. The fourth-order valence-electron chi connectivity index (χ4n) is 13.8. The highest BCUT2D eigenvalue weighted by molar-refractivity contribution is 5.87. The minimum Gasteiger partial charge on any atom is -0.450 e. The Morgan fingerprint density at radius 2 is 1.88 bits per heavy atom. The number of allylic oxidation sites excluding steroid dienone is 1. The molecule has 14 atom stereocenters. The summed E-state index contributed by atoms with van der Waals surface area (Å²) in [6, 6.07) is 0. The Hall–Kier alpha value is -1.62. The number of aliphatic hydroxyl groups excluding tert-OH is 1. The fourth-order valence-corrected chi connectivity index (χ4v) is 13.8. The number of nitrogens with one attached hydrogen (secondary N) is 1. The monoisotopic (exact) mass is 711 g/mol. The molecule has 0 spiro atoms. The van der Waals surface area contributed by atoms with E-state index < -0.39 is 57.6 Å². The van der Waals surface area contributed by atoms with Crippen LogP contribution in [0.15, 0.2) is 23.3 Å². The van der Waals surface area contributed by atoms with Crippen molar-refractivity contribution < 1.29 is 39.5 Å². The van der Waals surface area contributed by atoms with Gasteiger partial charge in [0.15, 0.2) is 0 Å². The second-order valence-corrected chi connectivity index (χ2v) is 18.6. The van der Waals surface area contributed by atoms with E-state index in [1.54, 1.807) is 13.2 Å². The SMILES string of the molecule is CCCCCC1CC2(C=O)C3CCC4(C)C5C6=CC(=O)OC6C(CNCCCOC)=CC5CC4(O)C3(O)CC3CC(C(C)C)CCC(C1O)C32O. The molecule has 14 unspecified atom stereocenters. The Bertz CT molecular complexity index is 1410. The molecule has 0 aromatic heterocycles. The van der Waals surface area contributed by atoms with E-state index in [1.807, 2.05) is 0 Å². The fraction of sp³-hybridized carbons (Fsp3) is 0.857. The average Bonchev–Trinajstić information content (AvgIpc) is 3.53. The Kier molecular flexibility index (Phi) is 10.0. The van der Waals surface area contributed by atoms with Crippen LogP contribution in [0.3, 0.4) is 0 Å². The molecule has 0 saturated heterocycles. The molecule has 286 valence electrons. The molecule has 1 aliphatic heterocycles. The van der Waals surface area contributed by atoms with Crippen LogP contribution in [0.5, 0.6) is 0 Å². The first kappa shape index (κ1) is 37.7. The normalized spacial score (nSPS) is 48.4. The van der Waals surface area contributed by atoms with Crippen LogP contribution in [-0.4, -0.2) is 88.5 Å². The molecule has 0 amide bonds. The molecule has 9 heteroatoms. The number of esters is 1. The molecule has 0 aromatic rings. The van der Waals surface area contributed by atoms with E-state index in [-0.39, 0.29) is 36.1 Å². The highest BCUT2D eigenvalue weighted by atomic mass is 16.5. The minimum atomic E-state index is -1.65. The second kappa shape index (κ2) is 13.6. The zero-order valence-electron chi connectivity index (χ0n) is 31.7. The Morgan fingerprint density at radius 3 is 2.59 bits per heavy atom. The second-order valence-electron chi connectivity index (χ2n) is 18.6. The number of fused-ring (bicyclic) bond motifs is 8. The van der Waals surface area contributed by atoms with Gasteiger partial charge in [0, 0.05) is 43.6 Å².